The molecule has 1 aliphatic heterocycles. The third kappa shape index (κ3) is 4.75. The monoisotopic (exact) mass is 392 g/mol. The summed E-state index contributed by atoms with van der Waals surface area (Å²) in [7, 11) is 2.14. The molecule has 1 aliphatic rings. The highest BCUT2D eigenvalue weighted by molar-refractivity contribution is 5.80. The van der Waals surface area contributed by atoms with E-state index in [9.17, 15) is 15.3 Å². The second-order valence-electron chi connectivity index (χ2n) is 7.09. The number of nitrogens with zero attached hydrogens (tertiary/aromatic N) is 4. The van der Waals surface area contributed by atoms with Gasteiger partial charge >= 0.3 is 0 Å². The van der Waals surface area contributed by atoms with Gasteiger partial charge in [0.2, 0.25) is 0 Å². The highest BCUT2D eigenvalue weighted by Gasteiger charge is 2.18. The van der Waals surface area contributed by atoms with E-state index in [4.69, 9.17) is 10.5 Å². The fourth-order valence-corrected chi connectivity index (χ4v) is 3.42. The van der Waals surface area contributed by atoms with E-state index in [2.05, 4.69) is 21.8 Å². The molecule has 0 saturated carbocycles. The summed E-state index contributed by atoms with van der Waals surface area (Å²) < 4.78 is 5.87. The number of hydrogen-bond acceptors (Lipinski definition) is 7. The van der Waals surface area contributed by atoms with Gasteiger partial charge in [0.15, 0.2) is 0 Å². The highest BCUT2D eigenvalue weighted by atomic mass is 16.5. The molecule has 1 saturated heterocycles. The minimum Gasteiger partial charge on any atom is -0.494 e. The lowest BCUT2D eigenvalue weighted by atomic mass is 9.96. The molecule has 1 fully saturated rings. The largest absolute Gasteiger partial charge is 0.494 e. The minimum absolute atomic E-state index is 0.0509. The number of aromatic amines is 1. The number of likely N-dealkylation sites (N-methyl/N-ethyl adjacent to an activating group) is 1. The topological polar surface area (TPSA) is 122 Å². The molecule has 8 nitrogen and oxygen atoms in total. The van der Waals surface area contributed by atoms with Crippen LogP contribution in [0.2, 0.25) is 0 Å². The molecule has 0 radical (unpaired) electrons. The molecule has 29 heavy (non-hydrogen) atoms. The Bertz CT molecular complexity index is 1010. The van der Waals surface area contributed by atoms with E-state index >= 15 is 0 Å². The lowest BCUT2D eigenvalue weighted by molar-refractivity contribution is 0.145. The van der Waals surface area contributed by atoms with Gasteiger partial charge in [0.05, 0.1) is 6.61 Å². The molecule has 0 atom stereocenters. The van der Waals surface area contributed by atoms with E-state index in [1.54, 1.807) is 18.2 Å². The van der Waals surface area contributed by atoms with Crippen LogP contribution in [-0.2, 0) is 0 Å². The number of ether oxygens (including phenoxy) is 1. The summed E-state index contributed by atoms with van der Waals surface area (Å²) in [6, 6.07) is 10.9. The molecule has 0 amide bonds. The van der Waals surface area contributed by atoms with Crippen molar-refractivity contribution in [2.24, 2.45) is 0 Å². The Balaban J connectivity index is 1.72. The fourth-order valence-electron chi connectivity index (χ4n) is 3.42. The maximum absolute atomic E-state index is 12.1. The van der Waals surface area contributed by atoms with Gasteiger partial charge in [-0.2, -0.15) is 10.5 Å². The first-order chi connectivity index (χ1) is 14.0. The van der Waals surface area contributed by atoms with Crippen molar-refractivity contribution in [3.8, 4) is 29.0 Å². The van der Waals surface area contributed by atoms with Crippen LogP contribution in [0.15, 0.2) is 29.1 Å². The fraction of sp³-hybridized carbons (Fsp3) is 0.381. The Morgan fingerprint density at radius 3 is 2.59 bits per heavy atom. The predicted molar refractivity (Wildman–Crippen MR) is 110 cm³/mol. The predicted octanol–water partition coefficient (Wildman–Crippen LogP) is 1.38. The number of H-pyrrole nitrogens is 1. The number of nitrogens with two attached hydrogens (primary N) is 1. The molecule has 0 spiro atoms. The maximum atomic E-state index is 12.1. The van der Waals surface area contributed by atoms with Crippen LogP contribution in [0, 0.1) is 22.7 Å². The lowest BCUT2D eigenvalue weighted by Gasteiger charge is -2.32. The molecule has 0 bridgehead atoms. The first-order valence-electron chi connectivity index (χ1n) is 9.53. The van der Waals surface area contributed by atoms with Crippen molar-refractivity contribution in [3.05, 3.63) is 45.7 Å². The molecule has 2 aromatic rings. The van der Waals surface area contributed by atoms with E-state index in [0.717, 1.165) is 39.1 Å². The summed E-state index contributed by atoms with van der Waals surface area (Å²) in [6.07, 6.45) is 0.902. The van der Waals surface area contributed by atoms with Crippen LogP contribution in [0.25, 0.3) is 11.1 Å². The number of piperazine rings is 1. The van der Waals surface area contributed by atoms with Gasteiger partial charge in [-0.25, -0.2) is 0 Å². The average molecular weight is 392 g/mol. The van der Waals surface area contributed by atoms with Crippen LogP contribution >= 0.6 is 0 Å². The van der Waals surface area contributed by atoms with Crippen molar-refractivity contribution in [3.63, 3.8) is 0 Å². The van der Waals surface area contributed by atoms with Crippen LogP contribution in [0.3, 0.4) is 0 Å². The number of nitrogen functional groups attached to an aromatic ring is 1. The first-order valence-corrected chi connectivity index (χ1v) is 9.53. The lowest BCUT2D eigenvalue weighted by Crippen LogP contribution is -2.44. The van der Waals surface area contributed by atoms with Gasteiger partial charge in [-0.15, -0.1) is 0 Å². The Morgan fingerprint density at radius 2 is 1.90 bits per heavy atom. The van der Waals surface area contributed by atoms with Gasteiger partial charge in [-0.05, 0) is 31.2 Å². The Hall–Kier alpha value is -3.33. The number of nitrogens with one attached hydrogen (secondary N) is 1. The van der Waals surface area contributed by atoms with E-state index in [1.165, 1.54) is 0 Å². The third-order valence-electron chi connectivity index (χ3n) is 5.07. The zero-order chi connectivity index (χ0) is 20.8. The normalized spacial score (nSPS) is 14.9. The van der Waals surface area contributed by atoms with Gasteiger partial charge in [0.1, 0.15) is 34.8 Å². The Kier molecular flexibility index (Phi) is 6.50. The Labute approximate surface area is 169 Å². The van der Waals surface area contributed by atoms with E-state index < -0.39 is 5.56 Å². The van der Waals surface area contributed by atoms with Crippen molar-refractivity contribution in [2.75, 3.05) is 52.1 Å². The van der Waals surface area contributed by atoms with Gasteiger partial charge in [-0.1, -0.05) is 12.1 Å². The summed E-state index contributed by atoms with van der Waals surface area (Å²) in [5.41, 5.74) is 5.89. The molecule has 1 aromatic heterocycles. The molecular weight excluding hydrogens is 368 g/mol. The van der Waals surface area contributed by atoms with Gasteiger partial charge in [0.25, 0.3) is 5.56 Å². The van der Waals surface area contributed by atoms with Crippen LogP contribution in [0.5, 0.6) is 5.75 Å². The number of pyridine rings is 1. The molecule has 3 N–H and O–H groups in total. The molecule has 150 valence electrons. The molecule has 1 aromatic carbocycles. The minimum atomic E-state index is -0.613. The molecule has 0 unspecified atom stereocenters. The van der Waals surface area contributed by atoms with Crippen molar-refractivity contribution < 1.29 is 4.74 Å². The van der Waals surface area contributed by atoms with Crippen molar-refractivity contribution in [1.29, 1.82) is 10.5 Å². The van der Waals surface area contributed by atoms with Crippen LogP contribution in [0.4, 0.5) is 5.82 Å². The molecule has 3 rings (SSSR count). The molecule has 2 heterocycles. The first kappa shape index (κ1) is 20.4. The third-order valence-corrected chi connectivity index (χ3v) is 5.07. The second kappa shape index (κ2) is 9.24. The molecular formula is C21H24N6O2. The zero-order valence-corrected chi connectivity index (χ0v) is 16.4. The summed E-state index contributed by atoms with van der Waals surface area (Å²) in [5.74, 6) is 0.567. The van der Waals surface area contributed by atoms with Crippen molar-refractivity contribution in [2.45, 2.75) is 6.42 Å². The SMILES string of the molecule is CN1CCN(CCCOc2cccc(-c3c(C#N)c(N)[nH]c(=O)c3C#N)c2)CC1. The number of aromatic nitrogens is 1. The maximum Gasteiger partial charge on any atom is 0.268 e. The standard InChI is InChI=1S/C21H24N6O2/c1-26-7-9-27(10-8-26)6-3-11-29-16-5-2-4-15(12-16)19-17(13-22)20(24)25-21(28)18(19)14-23/h2,4-5,12H,3,6-11H2,1H3,(H3,24,25,28). The molecule has 0 aliphatic carbocycles. The Morgan fingerprint density at radius 1 is 1.17 bits per heavy atom. The summed E-state index contributed by atoms with van der Waals surface area (Å²) in [6.45, 7) is 5.86. The van der Waals surface area contributed by atoms with Gasteiger partial charge in [-0.3, -0.25) is 4.79 Å². The summed E-state index contributed by atoms with van der Waals surface area (Å²) in [5, 5.41) is 18.8. The zero-order valence-electron chi connectivity index (χ0n) is 16.4. The average Bonchev–Trinajstić information content (AvgIpc) is 2.72. The number of hydrogen-bond donors (Lipinski definition) is 2. The van der Waals surface area contributed by atoms with Gasteiger partial charge in [0, 0.05) is 38.3 Å². The van der Waals surface area contributed by atoms with Gasteiger partial charge < -0.3 is 25.3 Å². The molecule has 8 heteroatoms. The van der Waals surface area contributed by atoms with Crippen molar-refractivity contribution >= 4 is 5.82 Å². The number of anilines is 1. The van der Waals surface area contributed by atoms with Crippen LogP contribution < -0.4 is 16.0 Å². The second-order valence-corrected chi connectivity index (χ2v) is 7.09. The smallest absolute Gasteiger partial charge is 0.268 e. The quantitative estimate of drug-likeness (QED) is 0.712. The number of rotatable bonds is 6. The van der Waals surface area contributed by atoms with E-state index in [-0.39, 0.29) is 22.5 Å². The number of benzene rings is 1. The van der Waals surface area contributed by atoms with Crippen LogP contribution in [0.1, 0.15) is 17.5 Å². The summed E-state index contributed by atoms with van der Waals surface area (Å²) >= 11 is 0. The van der Waals surface area contributed by atoms with Crippen molar-refractivity contribution in [1.82, 2.24) is 14.8 Å². The number of nitriles is 2. The van der Waals surface area contributed by atoms with E-state index in [0.29, 0.717) is 17.9 Å². The highest BCUT2D eigenvalue weighted by Crippen LogP contribution is 2.30. The summed E-state index contributed by atoms with van der Waals surface area (Å²) in [4.78, 5) is 19.2. The van der Waals surface area contributed by atoms with Crippen LogP contribution in [-0.4, -0.2) is 61.2 Å². The van der Waals surface area contributed by atoms with E-state index in [1.807, 2.05) is 18.2 Å².